The average molecular weight is 294 g/mol. The summed E-state index contributed by atoms with van der Waals surface area (Å²) in [7, 11) is 0. The number of hydrogen-bond donors (Lipinski definition) is 2. The van der Waals surface area contributed by atoms with Crippen LogP contribution in [0, 0.1) is 0 Å². The van der Waals surface area contributed by atoms with Crippen molar-refractivity contribution in [2.24, 2.45) is 0 Å². The molecule has 0 radical (unpaired) electrons. The summed E-state index contributed by atoms with van der Waals surface area (Å²) < 4.78 is 10.8. The molecule has 1 unspecified atom stereocenters. The van der Waals surface area contributed by atoms with E-state index in [1.807, 2.05) is 0 Å². The van der Waals surface area contributed by atoms with Crippen LogP contribution in [-0.4, -0.2) is 24.4 Å². The van der Waals surface area contributed by atoms with Crippen LogP contribution in [0.15, 0.2) is 48.5 Å². The summed E-state index contributed by atoms with van der Waals surface area (Å²) in [6.07, 6.45) is -0.730. The smallest absolute Gasteiger partial charge is 0.122 e. The molecular formula is C15H16ClNO3. The summed E-state index contributed by atoms with van der Waals surface area (Å²) >= 11 is 5.77. The maximum absolute atomic E-state index is 9.79. The molecule has 5 heteroatoms. The van der Waals surface area contributed by atoms with Crippen molar-refractivity contribution in [3.05, 3.63) is 53.6 Å². The molecule has 3 N–H and O–H groups in total. The van der Waals surface area contributed by atoms with Crippen LogP contribution in [0.4, 0.5) is 5.69 Å². The molecule has 0 aliphatic heterocycles. The average Bonchev–Trinajstić information content (AvgIpc) is 2.45. The van der Waals surface area contributed by atoms with E-state index < -0.39 is 6.10 Å². The number of rotatable bonds is 6. The highest BCUT2D eigenvalue weighted by Gasteiger charge is 2.07. The van der Waals surface area contributed by atoms with Crippen LogP contribution in [0.1, 0.15) is 0 Å². The fraction of sp³-hybridized carbons (Fsp3) is 0.200. The van der Waals surface area contributed by atoms with E-state index in [1.165, 1.54) is 0 Å². The number of ether oxygens (including phenoxy) is 2. The molecule has 1 atom stereocenters. The molecule has 0 saturated carbocycles. The molecule has 2 aromatic rings. The van der Waals surface area contributed by atoms with Gasteiger partial charge < -0.3 is 20.3 Å². The van der Waals surface area contributed by atoms with Crippen LogP contribution in [-0.2, 0) is 0 Å². The highest BCUT2D eigenvalue weighted by atomic mass is 35.5. The Bertz CT molecular complexity index is 545. The first-order valence-corrected chi connectivity index (χ1v) is 6.56. The van der Waals surface area contributed by atoms with E-state index >= 15 is 0 Å². The molecule has 0 amide bonds. The Morgan fingerprint density at radius 1 is 1.00 bits per heavy atom. The summed E-state index contributed by atoms with van der Waals surface area (Å²) in [5.74, 6) is 1.27. The van der Waals surface area contributed by atoms with Gasteiger partial charge in [0.25, 0.3) is 0 Å². The molecule has 0 aliphatic rings. The molecule has 2 rings (SSSR count). The quantitative estimate of drug-likeness (QED) is 0.804. The lowest BCUT2D eigenvalue weighted by Crippen LogP contribution is -2.25. The number of aliphatic hydroxyl groups is 1. The summed E-state index contributed by atoms with van der Waals surface area (Å²) in [5.41, 5.74) is 6.25. The van der Waals surface area contributed by atoms with Gasteiger partial charge in [0.1, 0.15) is 30.8 Å². The van der Waals surface area contributed by atoms with E-state index in [0.717, 1.165) is 0 Å². The van der Waals surface area contributed by atoms with Crippen molar-refractivity contribution in [2.75, 3.05) is 18.9 Å². The van der Waals surface area contributed by atoms with E-state index in [9.17, 15) is 5.11 Å². The highest BCUT2D eigenvalue weighted by Crippen LogP contribution is 2.16. The van der Waals surface area contributed by atoms with Gasteiger partial charge in [0.05, 0.1) is 0 Å². The molecular weight excluding hydrogens is 278 g/mol. The summed E-state index contributed by atoms with van der Waals surface area (Å²) in [5, 5.41) is 10.4. The normalized spacial score (nSPS) is 11.9. The fourth-order valence-electron chi connectivity index (χ4n) is 1.57. The number of nitrogen functional groups attached to an aromatic ring is 1. The van der Waals surface area contributed by atoms with Crippen molar-refractivity contribution in [3.8, 4) is 11.5 Å². The van der Waals surface area contributed by atoms with Gasteiger partial charge in [0, 0.05) is 16.8 Å². The van der Waals surface area contributed by atoms with E-state index in [0.29, 0.717) is 22.2 Å². The minimum atomic E-state index is -0.730. The SMILES string of the molecule is Nc1cccc(OCC(O)COc2ccc(Cl)cc2)c1. The lowest BCUT2D eigenvalue weighted by molar-refractivity contribution is 0.0627. The largest absolute Gasteiger partial charge is 0.491 e. The van der Waals surface area contributed by atoms with E-state index in [-0.39, 0.29) is 13.2 Å². The van der Waals surface area contributed by atoms with Gasteiger partial charge in [-0.3, -0.25) is 0 Å². The van der Waals surface area contributed by atoms with Crippen LogP contribution in [0.3, 0.4) is 0 Å². The van der Waals surface area contributed by atoms with Crippen LogP contribution < -0.4 is 15.2 Å². The first-order chi connectivity index (χ1) is 9.63. The lowest BCUT2D eigenvalue weighted by Gasteiger charge is -2.13. The predicted octanol–water partition coefficient (Wildman–Crippen LogP) is 2.74. The second kappa shape index (κ2) is 7.03. The number of benzene rings is 2. The minimum Gasteiger partial charge on any atom is -0.491 e. The summed E-state index contributed by atoms with van der Waals surface area (Å²) in [4.78, 5) is 0. The zero-order valence-electron chi connectivity index (χ0n) is 10.8. The van der Waals surface area contributed by atoms with E-state index in [2.05, 4.69) is 0 Å². The van der Waals surface area contributed by atoms with Gasteiger partial charge in [-0.05, 0) is 36.4 Å². The minimum absolute atomic E-state index is 0.136. The van der Waals surface area contributed by atoms with Crippen molar-refractivity contribution in [3.63, 3.8) is 0 Å². The number of aliphatic hydroxyl groups excluding tert-OH is 1. The third-order valence-corrected chi connectivity index (χ3v) is 2.81. The fourth-order valence-corrected chi connectivity index (χ4v) is 1.69. The molecule has 0 aromatic heterocycles. The Morgan fingerprint density at radius 3 is 2.30 bits per heavy atom. The lowest BCUT2D eigenvalue weighted by atomic mass is 10.3. The van der Waals surface area contributed by atoms with Crippen molar-refractivity contribution in [1.82, 2.24) is 0 Å². The Hall–Kier alpha value is -1.91. The summed E-state index contributed by atoms with van der Waals surface area (Å²) in [6.45, 7) is 0.279. The first-order valence-electron chi connectivity index (χ1n) is 6.18. The van der Waals surface area contributed by atoms with Crippen molar-refractivity contribution in [2.45, 2.75) is 6.10 Å². The third-order valence-electron chi connectivity index (χ3n) is 2.56. The summed E-state index contributed by atoms with van der Waals surface area (Å²) in [6, 6.07) is 14.0. The van der Waals surface area contributed by atoms with Crippen LogP contribution in [0.5, 0.6) is 11.5 Å². The number of anilines is 1. The maximum Gasteiger partial charge on any atom is 0.122 e. The van der Waals surface area contributed by atoms with Gasteiger partial charge in [-0.1, -0.05) is 17.7 Å². The zero-order valence-corrected chi connectivity index (χ0v) is 11.6. The number of hydrogen-bond acceptors (Lipinski definition) is 4. The molecule has 20 heavy (non-hydrogen) atoms. The molecule has 0 saturated heterocycles. The van der Waals surface area contributed by atoms with Crippen LogP contribution >= 0.6 is 11.6 Å². The second-order valence-electron chi connectivity index (χ2n) is 4.30. The van der Waals surface area contributed by atoms with Crippen molar-refractivity contribution >= 4 is 17.3 Å². The van der Waals surface area contributed by atoms with E-state index in [4.69, 9.17) is 26.8 Å². The monoisotopic (exact) mass is 293 g/mol. The van der Waals surface area contributed by atoms with Gasteiger partial charge in [-0.15, -0.1) is 0 Å². The molecule has 0 spiro atoms. The Morgan fingerprint density at radius 2 is 1.65 bits per heavy atom. The van der Waals surface area contributed by atoms with Gasteiger partial charge in [-0.25, -0.2) is 0 Å². The van der Waals surface area contributed by atoms with Crippen molar-refractivity contribution < 1.29 is 14.6 Å². The second-order valence-corrected chi connectivity index (χ2v) is 4.74. The zero-order chi connectivity index (χ0) is 14.4. The maximum atomic E-state index is 9.79. The Balaban J connectivity index is 1.75. The molecule has 0 fully saturated rings. The Labute approximate surface area is 122 Å². The third kappa shape index (κ3) is 4.64. The predicted molar refractivity (Wildman–Crippen MR) is 79.3 cm³/mol. The molecule has 0 aliphatic carbocycles. The molecule has 106 valence electrons. The van der Waals surface area contributed by atoms with Gasteiger partial charge in [-0.2, -0.15) is 0 Å². The molecule has 0 heterocycles. The first kappa shape index (κ1) is 14.5. The standard InChI is InChI=1S/C15H16ClNO3/c16-11-4-6-14(7-5-11)19-9-13(18)10-20-15-3-1-2-12(17)8-15/h1-8,13,18H,9-10,17H2. The molecule has 2 aromatic carbocycles. The Kier molecular flexibility index (Phi) is 5.09. The van der Waals surface area contributed by atoms with Gasteiger partial charge >= 0.3 is 0 Å². The van der Waals surface area contributed by atoms with Crippen molar-refractivity contribution in [1.29, 1.82) is 0 Å². The van der Waals surface area contributed by atoms with Gasteiger partial charge in [0.15, 0.2) is 0 Å². The van der Waals surface area contributed by atoms with E-state index in [1.54, 1.807) is 48.5 Å². The van der Waals surface area contributed by atoms with Crippen LogP contribution in [0.2, 0.25) is 5.02 Å². The van der Waals surface area contributed by atoms with Crippen LogP contribution in [0.25, 0.3) is 0 Å². The highest BCUT2D eigenvalue weighted by molar-refractivity contribution is 6.30. The van der Waals surface area contributed by atoms with Gasteiger partial charge in [0.2, 0.25) is 0 Å². The molecule has 4 nitrogen and oxygen atoms in total. The topological polar surface area (TPSA) is 64.7 Å². The number of nitrogens with two attached hydrogens (primary N) is 1. The number of halogens is 1. The molecule has 0 bridgehead atoms.